The van der Waals surface area contributed by atoms with E-state index in [1.165, 1.54) is 5.56 Å². The topological polar surface area (TPSA) is 32.7 Å². The molecule has 2 atom stereocenters. The number of β-amino-alcohol motifs (C(OH)–C–C–N with tert-alkyl or cyclic N) is 1. The quantitative estimate of drug-likeness (QED) is 0.905. The van der Waals surface area contributed by atoms with Crippen molar-refractivity contribution in [2.24, 2.45) is 0 Å². The predicted molar refractivity (Wildman–Crippen MR) is 81.0 cm³/mol. The molecule has 19 heavy (non-hydrogen) atoms. The monoisotopic (exact) mass is 301 g/mol. The number of thioether (sulfide) groups is 1. The molecular weight excluding hydrogens is 282 g/mol. The minimum absolute atomic E-state index is 0.350. The molecule has 0 aliphatic carbocycles. The minimum Gasteiger partial charge on any atom is -0.389 e. The molecule has 1 heterocycles. The van der Waals surface area contributed by atoms with Crippen LogP contribution in [-0.2, 0) is 4.74 Å². The lowest BCUT2D eigenvalue weighted by Gasteiger charge is -2.36. The largest absolute Gasteiger partial charge is 0.389 e. The zero-order valence-corrected chi connectivity index (χ0v) is 12.7. The van der Waals surface area contributed by atoms with E-state index in [0.29, 0.717) is 19.2 Å². The summed E-state index contributed by atoms with van der Waals surface area (Å²) < 4.78 is 5.00. The van der Waals surface area contributed by atoms with Crippen LogP contribution in [0, 0.1) is 0 Å². The van der Waals surface area contributed by atoms with Crippen LogP contribution in [0.4, 0.5) is 0 Å². The van der Waals surface area contributed by atoms with E-state index in [1.54, 1.807) is 7.11 Å². The Hall–Kier alpha value is -0.260. The molecule has 2 rings (SSSR count). The number of aliphatic hydroxyl groups excluding tert-OH is 1. The number of hydrogen-bond acceptors (Lipinski definition) is 4. The number of hydrogen-bond donors (Lipinski definition) is 1. The molecule has 0 spiro atoms. The smallest absolute Gasteiger partial charge is 0.0900 e. The van der Waals surface area contributed by atoms with E-state index in [9.17, 15) is 5.11 Å². The van der Waals surface area contributed by atoms with Crippen molar-refractivity contribution in [3.05, 3.63) is 34.9 Å². The Bertz CT molecular complexity index is 388. The molecule has 3 nitrogen and oxygen atoms in total. The van der Waals surface area contributed by atoms with Crippen LogP contribution in [0.25, 0.3) is 0 Å². The molecule has 1 saturated heterocycles. The van der Waals surface area contributed by atoms with Crippen molar-refractivity contribution in [2.75, 3.05) is 38.3 Å². The maximum absolute atomic E-state index is 9.92. The van der Waals surface area contributed by atoms with Crippen molar-refractivity contribution in [1.29, 1.82) is 0 Å². The molecule has 0 saturated carbocycles. The number of nitrogens with zero attached hydrogens (tertiary/aromatic N) is 1. The first-order valence-corrected chi connectivity index (χ1v) is 7.98. The molecule has 1 fully saturated rings. The Morgan fingerprint density at radius 3 is 2.89 bits per heavy atom. The molecule has 0 unspecified atom stereocenters. The number of halogens is 1. The summed E-state index contributed by atoms with van der Waals surface area (Å²) in [7, 11) is 1.62. The Balaban J connectivity index is 2.05. The zero-order chi connectivity index (χ0) is 13.7. The van der Waals surface area contributed by atoms with Crippen molar-refractivity contribution in [2.45, 2.75) is 12.1 Å². The van der Waals surface area contributed by atoms with Gasteiger partial charge in [0.15, 0.2) is 0 Å². The normalized spacial score (nSPS) is 22.4. The number of rotatable bonds is 5. The zero-order valence-electron chi connectivity index (χ0n) is 11.1. The summed E-state index contributed by atoms with van der Waals surface area (Å²) in [5.74, 6) is 2.17. The molecule has 106 valence electrons. The molecule has 1 aliphatic heterocycles. The first kappa shape index (κ1) is 15.1. The van der Waals surface area contributed by atoms with Gasteiger partial charge >= 0.3 is 0 Å². The van der Waals surface area contributed by atoms with Gasteiger partial charge in [0.2, 0.25) is 0 Å². The Morgan fingerprint density at radius 1 is 1.47 bits per heavy atom. The van der Waals surface area contributed by atoms with Crippen LogP contribution >= 0.6 is 23.4 Å². The average Bonchev–Trinajstić information content (AvgIpc) is 2.41. The molecule has 1 N–H and O–H groups in total. The molecule has 0 aromatic heterocycles. The van der Waals surface area contributed by atoms with Gasteiger partial charge in [-0.05, 0) is 17.7 Å². The highest BCUT2D eigenvalue weighted by atomic mass is 35.5. The Kier molecular flexibility index (Phi) is 5.98. The lowest BCUT2D eigenvalue weighted by Crippen LogP contribution is -2.42. The predicted octanol–water partition coefficient (Wildman–Crippen LogP) is 2.44. The second kappa shape index (κ2) is 7.50. The highest BCUT2D eigenvalue weighted by molar-refractivity contribution is 7.99. The van der Waals surface area contributed by atoms with Crippen molar-refractivity contribution >= 4 is 23.4 Å². The van der Waals surface area contributed by atoms with E-state index in [-0.39, 0.29) is 0 Å². The highest BCUT2D eigenvalue weighted by Gasteiger charge is 2.25. The van der Waals surface area contributed by atoms with Gasteiger partial charge in [-0.2, -0.15) is 11.8 Å². The first-order valence-electron chi connectivity index (χ1n) is 6.45. The molecule has 0 radical (unpaired) electrons. The molecule has 0 amide bonds. The van der Waals surface area contributed by atoms with Gasteiger partial charge in [0.05, 0.1) is 12.7 Å². The van der Waals surface area contributed by atoms with Crippen LogP contribution in [-0.4, -0.2) is 54.4 Å². The molecule has 1 aliphatic rings. The van der Waals surface area contributed by atoms with Gasteiger partial charge in [0.1, 0.15) is 0 Å². The number of ether oxygens (including phenoxy) is 1. The van der Waals surface area contributed by atoms with E-state index in [4.69, 9.17) is 16.3 Å². The van der Waals surface area contributed by atoms with E-state index in [2.05, 4.69) is 17.0 Å². The second-order valence-electron chi connectivity index (χ2n) is 4.75. The summed E-state index contributed by atoms with van der Waals surface area (Å²) in [4.78, 5) is 2.34. The van der Waals surface area contributed by atoms with E-state index < -0.39 is 6.10 Å². The highest BCUT2D eigenvalue weighted by Crippen LogP contribution is 2.30. The van der Waals surface area contributed by atoms with Crippen LogP contribution in [0.1, 0.15) is 11.6 Å². The lowest BCUT2D eigenvalue weighted by molar-refractivity contribution is 0.0297. The molecular formula is C14H20ClNO2S. The summed E-state index contributed by atoms with van der Waals surface area (Å²) in [6, 6.07) is 8.37. The fourth-order valence-corrected chi connectivity index (χ4v) is 3.65. The second-order valence-corrected chi connectivity index (χ2v) is 6.33. The van der Waals surface area contributed by atoms with E-state index in [0.717, 1.165) is 23.1 Å². The average molecular weight is 302 g/mol. The van der Waals surface area contributed by atoms with Gasteiger partial charge < -0.3 is 9.84 Å². The molecule has 1 aromatic carbocycles. The third-order valence-electron chi connectivity index (χ3n) is 3.30. The van der Waals surface area contributed by atoms with Crippen LogP contribution in [0.3, 0.4) is 0 Å². The lowest BCUT2D eigenvalue weighted by atomic mass is 10.1. The fraction of sp³-hybridized carbons (Fsp3) is 0.571. The number of methoxy groups -OCH3 is 1. The van der Waals surface area contributed by atoms with Crippen LogP contribution < -0.4 is 0 Å². The van der Waals surface area contributed by atoms with Crippen molar-refractivity contribution in [3.63, 3.8) is 0 Å². The number of aliphatic hydroxyl groups is 1. The molecule has 0 bridgehead atoms. The summed E-state index contributed by atoms with van der Waals surface area (Å²) in [6.45, 7) is 2.04. The summed E-state index contributed by atoms with van der Waals surface area (Å²) in [5, 5.41) is 10.7. The maximum atomic E-state index is 9.92. The summed E-state index contributed by atoms with van der Waals surface area (Å²) >= 11 is 7.90. The maximum Gasteiger partial charge on any atom is 0.0900 e. The minimum atomic E-state index is -0.428. The SMILES string of the molecule is COC[C@@H](O)CN1CCSC[C@H]1c1ccc(Cl)cc1. The molecule has 5 heteroatoms. The third kappa shape index (κ3) is 4.36. The molecule has 1 aromatic rings. The number of benzene rings is 1. The standard InChI is InChI=1S/C14H20ClNO2S/c1-18-9-13(17)8-16-6-7-19-10-14(16)11-2-4-12(15)5-3-11/h2-5,13-14,17H,6-10H2,1H3/t13-,14-/m0/s1. The van der Waals surface area contributed by atoms with E-state index >= 15 is 0 Å². The summed E-state index contributed by atoms with van der Waals surface area (Å²) in [5.41, 5.74) is 1.27. The van der Waals surface area contributed by atoms with Crippen molar-refractivity contribution in [3.8, 4) is 0 Å². The van der Waals surface area contributed by atoms with Gasteiger partial charge in [-0.1, -0.05) is 23.7 Å². The fourth-order valence-electron chi connectivity index (χ4n) is 2.36. The van der Waals surface area contributed by atoms with Crippen molar-refractivity contribution < 1.29 is 9.84 Å². The van der Waals surface area contributed by atoms with Gasteiger partial charge in [-0.25, -0.2) is 0 Å². The van der Waals surface area contributed by atoms with Gasteiger partial charge in [-0.3, -0.25) is 4.90 Å². The van der Waals surface area contributed by atoms with Crippen LogP contribution in [0.15, 0.2) is 24.3 Å². The van der Waals surface area contributed by atoms with E-state index in [1.807, 2.05) is 23.9 Å². The first-order chi connectivity index (χ1) is 9.20. The Morgan fingerprint density at radius 2 is 2.21 bits per heavy atom. The van der Waals surface area contributed by atoms with Gasteiger partial charge in [0, 0.05) is 42.8 Å². The summed E-state index contributed by atoms with van der Waals surface area (Å²) in [6.07, 6.45) is -0.428. The third-order valence-corrected chi connectivity index (χ3v) is 4.57. The van der Waals surface area contributed by atoms with Gasteiger partial charge in [0.25, 0.3) is 0 Å². The van der Waals surface area contributed by atoms with Gasteiger partial charge in [-0.15, -0.1) is 0 Å². The van der Waals surface area contributed by atoms with Crippen LogP contribution in [0.2, 0.25) is 5.02 Å². The Labute approximate surface area is 123 Å². The van der Waals surface area contributed by atoms with Crippen molar-refractivity contribution in [1.82, 2.24) is 4.90 Å². The van der Waals surface area contributed by atoms with Crippen LogP contribution in [0.5, 0.6) is 0 Å².